The number of hydrogen-bond donors (Lipinski definition) is 2. The smallest absolute Gasteiger partial charge is 0.266 e. The van der Waals surface area contributed by atoms with Gasteiger partial charge in [0.25, 0.3) is 10.7 Å². The summed E-state index contributed by atoms with van der Waals surface area (Å²) < 4.78 is 5.32. The highest BCUT2D eigenvalue weighted by molar-refractivity contribution is 7.71. The fourth-order valence-electron chi connectivity index (χ4n) is 2.92. The Balaban J connectivity index is 1.48. The Morgan fingerprint density at radius 1 is 1.41 bits per heavy atom. The van der Waals surface area contributed by atoms with Crippen LogP contribution in [0, 0.1) is 4.84 Å². The predicted octanol–water partition coefficient (Wildman–Crippen LogP) is 1.98. The fourth-order valence-corrected chi connectivity index (χ4v) is 3.12. The van der Waals surface area contributed by atoms with E-state index in [1.807, 2.05) is 4.90 Å². The number of amides is 2. The first-order valence-electron chi connectivity index (χ1n) is 7.33. The van der Waals surface area contributed by atoms with Crippen LogP contribution in [0.25, 0.3) is 11.1 Å². The van der Waals surface area contributed by atoms with Gasteiger partial charge in [0.1, 0.15) is 0 Å². The molecule has 1 aliphatic carbocycles. The lowest BCUT2D eigenvalue weighted by molar-refractivity contribution is -0.128. The van der Waals surface area contributed by atoms with E-state index >= 15 is 0 Å². The van der Waals surface area contributed by atoms with Crippen molar-refractivity contribution < 1.29 is 14.0 Å². The minimum absolute atomic E-state index is 0.117. The number of aromatic nitrogens is 1. The largest absolute Gasteiger partial charge is 0.429 e. The first kappa shape index (κ1) is 13.5. The molecule has 1 saturated heterocycles. The SMILES string of the molecule is O=C(N[C@@H]1CC(=O)N(C2CC2)C1)c1ccc2[nH]c(=S)oc2c1. The van der Waals surface area contributed by atoms with Crippen molar-refractivity contribution >= 4 is 35.1 Å². The van der Waals surface area contributed by atoms with E-state index in [-0.39, 0.29) is 22.7 Å². The normalized spacial score (nSPS) is 21.5. The van der Waals surface area contributed by atoms with Crippen LogP contribution < -0.4 is 5.32 Å². The first-order chi connectivity index (χ1) is 10.6. The summed E-state index contributed by atoms with van der Waals surface area (Å²) in [6, 6.07) is 5.42. The third kappa shape index (κ3) is 2.41. The lowest BCUT2D eigenvalue weighted by Gasteiger charge is -2.16. The predicted molar refractivity (Wildman–Crippen MR) is 82.0 cm³/mol. The lowest BCUT2D eigenvalue weighted by Crippen LogP contribution is -2.37. The molecule has 1 aromatic carbocycles. The molecule has 6 nitrogen and oxygen atoms in total. The minimum Gasteiger partial charge on any atom is -0.429 e. The molecule has 2 amide bonds. The molecule has 1 saturated carbocycles. The molecule has 0 unspecified atom stereocenters. The maximum absolute atomic E-state index is 12.3. The molecular formula is C15H15N3O3S. The zero-order valence-electron chi connectivity index (χ0n) is 11.8. The third-order valence-corrected chi connectivity index (χ3v) is 4.35. The Hall–Kier alpha value is -2.15. The Labute approximate surface area is 131 Å². The summed E-state index contributed by atoms with van der Waals surface area (Å²) in [5.74, 6) is -0.0562. The molecule has 2 fully saturated rings. The number of oxazole rings is 1. The van der Waals surface area contributed by atoms with Crippen molar-refractivity contribution in [2.45, 2.75) is 31.3 Å². The monoisotopic (exact) mass is 317 g/mol. The molecule has 2 aliphatic rings. The number of likely N-dealkylation sites (tertiary alicyclic amines) is 1. The third-order valence-electron chi connectivity index (χ3n) is 4.16. The maximum Gasteiger partial charge on any atom is 0.266 e. The van der Waals surface area contributed by atoms with Crippen molar-refractivity contribution in [2.75, 3.05) is 6.54 Å². The van der Waals surface area contributed by atoms with Gasteiger partial charge in [0, 0.05) is 24.6 Å². The van der Waals surface area contributed by atoms with E-state index in [2.05, 4.69) is 10.3 Å². The summed E-state index contributed by atoms with van der Waals surface area (Å²) in [4.78, 5) is 29.3. The van der Waals surface area contributed by atoms with Crippen molar-refractivity contribution in [3.63, 3.8) is 0 Å². The Morgan fingerprint density at radius 3 is 3.00 bits per heavy atom. The molecule has 2 heterocycles. The van der Waals surface area contributed by atoms with Gasteiger partial charge in [-0.05, 0) is 43.3 Å². The van der Waals surface area contributed by atoms with Gasteiger partial charge < -0.3 is 19.6 Å². The van der Waals surface area contributed by atoms with Crippen molar-refractivity contribution in [2.24, 2.45) is 0 Å². The number of benzene rings is 1. The standard InChI is InChI=1S/C15H15N3O3S/c19-13-6-9(7-18(13)10-2-3-10)16-14(20)8-1-4-11-12(5-8)21-15(22)17-11/h1,4-5,9-10H,2-3,6-7H2,(H,16,20)(H,17,22)/t9-/m1/s1. The van der Waals surface area contributed by atoms with Crippen molar-refractivity contribution in [1.29, 1.82) is 0 Å². The number of nitrogens with one attached hydrogen (secondary N) is 2. The number of carbonyl (C=O) groups is 2. The van der Waals surface area contributed by atoms with Crippen LogP contribution in [0.5, 0.6) is 0 Å². The topological polar surface area (TPSA) is 78.3 Å². The van der Waals surface area contributed by atoms with Crippen LogP contribution in [0.2, 0.25) is 0 Å². The van der Waals surface area contributed by atoms with Crippen LogP contribution in [0.15, 0.2) is 22.6 Å². The second kappa shape index (κ2) is 4.95. The van der Waals surface area contributed by atoms with Gasteiger partial charge in [-0.2, -0.15) is 0 Å². The van der Waals surface area contributed by atoms with Gasteiger partial charge in [-0.25, -0.2) is 0 Å². The van der Waals surface area contributed by atoms with Crippen LogP contribution in [0.1, 0.15) is 29.6 Å². The highest BCUT2D eigenvalue weighted by atomic mass is 32.1. The quantitative estimate of drug-likeness (QED) is 0.849. The molecule has 0 radical (unpaired) electrons. The number of nitrogens with zero attached hydrogens (tertiary/aromatic N) is 1. The molecule has 1 aromatic heterocycles. The first-order valence-corrected chi connectivity index (χ1v) is 7.74. The van der Waals surface area contributed by atoms with E-state index in [4.69, 9.17) is 16.6 Å². The van der Waals surface area contributed by atoms with E-state index in [0.717, 1.165) is 18.4 Å². The van der Waals surface area contributed by atoms with Gasteiger partial charge in [-0.1, -0.05) is 0 Å². The highest BCUT2D eigenvalue weighted by Crippen LogP contribution is 2.30. The molecule has 22 heavy (non-hydrogen) atoms. The molecule has 0 bridgehead atoms. The van der Waals surface area contributed by atoms with Gasteiger partial charge >= 0.3 is 0 Å². The number of hydrogen-bond acceptors (Lipinski definition) is 4. The molecular weight excluding hydrogens is 302 g/mol. The molecule has 1 atom stereocenters. The molecule has 114 valence electrons. The van der Waals surface area contributed by atoms with E-state index in [1.54, 1.807) is 18.2 Å². The van der Waals surface area contributed by atoms with E-state index < -0.39 is 0 Å². The lowest BCUT2D eigenvalue weighted by atomic mass is 10.1. The zero-order valence-corrected chi connectivity index (χ0v) is 12.6. The molecule has 0 spiro atoms. The number of carbonyl (C=O) groups excluding carboxylic acids is 2. The van der Waals surface area contributed by atoms with Crippen molar-refractivity contribution in [3.8, 4) is 0 Å². The summed E-state index contributed by atoms with van der Waals surface area (Å²) in [5, 5.41) is 2.93. The second-order valence-corrected chi connectivity index (χ2v) is 6.25. The second-order valence-electron chi connectivity index (χ2n) is 5.88. The van der Waals surface area contributed by atoms with Crippen LogP contribution in [-0.2, 0) is 4.79 Å². The van der Waals surface area contributed by atoms with Crippen molar-refractivity contribution in [3.05, 3.63) is 28.6 Å². The summed E-state index contributed by atoms with van der Waals surface area (Å²) in [7, 11) is 0. The van der Waals surface area contributed by atoms with Crippen LogP contribution in [0.4, 0.5) is 0 Å². The van der Waals surface area contributed by atoms with Crippen LogP contribution >= 0.6 is 12.2 Å². The van der Waals surface area contributed by atoms with Crippen molar-refractivity contribution in [1.82, 2.24) is 15.2 Å². The molecule has 1 aliphatic heterocycles. The molecule has 7 heteroatoms. The Morgan fingerprint density at radius 2 is 2.23 bits per heavy atom. The minimum atomic E-state index is -0.195. The maximum atomic E-state index is 12.3. The average Bonchev–Trinajstić information content (AvgIpc) is 3.15. The van der Waals surface area contributed by atoms with Crippen LogP contribution in [-0.4, -0.2) is 40.3 Å². The highest BCUT2D eigenvalue weighted by Gasteiger charge is 2.39. The molecule has 2 N–H and O–H groups in total. The summed E-state index contributed by atoms with van der Waals surface area (Å²) in [6.45, 7) is 0.613. The average molecular weight is 317 g/mol. The van der Waals surface area contributed by atoms with E-state index in [1.165, 1.54) is 0 Å². The van der Waals surface area contributed by atoms with E-state index in [0.29, 0.717) is 30.2 Å². The molecule has 4 rings (SSSR count). The number of rotatable bonds is 3. The summed E-state index contributed by atoms with van der Waals surface area (Å²) in [6.07, 6.45) is 2.55. The fraction of sp³-hybridized carbons (Fsp3) is 0.400. The number of H-pyrrole nitrogens is 1. The number of aromatic amines is 1. The summed E-state index contributed by atoms with van der Waals surface area (Å²) in [5.41, 5.74) is 1.82. The number of fused-ring (bicyclic) bond motifs is 1. The Bertz CT molecular complexity index is 821. The van der Waals surface area contributed by atoms with Gasteiger partial charge in [0.2, 0.25) is 5.91 Å². The van der Waals surface area contributed by atoms with Gasteiger partial charge in [0.05, 0.1) is 11.6 Å². The van der Waals surface area contributed by atoms with Gasteiger partial charge in [-0.15, -0.1) is 0 Å². The van der Waals surface area contributed by atoms with Crippen LogP contribution in [0.3, 0.4) is 0 Å². The van der Waals surface area contributed by atoms with E-state index in [9.17, 15) is 9.59 Å². The zero-order chi connectivity index (χ0) is 15.3. The molecule has 2 aromatic rings. The summed E-state index contributed by atoms with van der Waals surface area (Å²) >= 11 is 4.93. The van der Waals surface area contributed by atoms with Gasteiger partial charge in [-0.3, -0.25) is 9.59 Å². The Kier molecular flexibility index (Phi) is 3.04. The van der Waals surface area contributed by atoms with Gasteiger partial charge in [0.15, 0.2) is 5.58 Å².